The molecule has 2 aliphatic heterocycles. The maximum Gasteiger partial charge on any atom is 0.303 e. The van der Waals surface area contributed by atoms with Crippen molar-refractivity contribution in [1.29, 1.82) is 0 Å². The van der Waals surface area contributed by atoms with Crippen LogP contribution in [0.4, 0.5) is 0 Å². The molecule has 2 fully saturated rings. The van der Waals surface area contributed by atoms with Crippen molar-refractivity contribution in [1.82, 2.24) is 18.5 Å². The number of ether oxygens (including phenoxy) is 1. The lowest BCUT2D eigenvalue weighted by Crippen LogP contribution is -2.55. The predicted molar refractivity (Wildman–Crippen MR) is 177 cm³/mol. The number of amides is 2. The van der Waals surface area contributed by atoms with Gasteiger partial charge in [-0.15, -0.1) is 0 Å². The summed E-state index contributed by atoms with van der Waals surface area (Å²) in [5.41, 5.74) is 5.01. The fraction of sp³-hybridized carbons (Fsp3) is 0.471. The maximum atomic E-state index is 14.2. The van der Waals surface area contributed by atoms with Crippen LogP contribution in [0.5, 0.6) is 5.75 Å². The lowest BCUT2D eigenvalue weighted by Gasteiger charge is -2.39. The van der Waals surface area contributed by atoms with E-state index in [4.69, 9.17) is 4.74 Å². The highest BCUT2D eigenvalue weighted by molar-refractivity contribution is 7.87. The summed E-state index contributed by atoms with van der Waals surface area (Å²) in [6.07, 6.45) is 4.82. The highest BCUT2D eigenvalue weighted by atomic mass is 32.2. The number of aliphatic hydroxyl groups is 3. The molecular weight excluding hydrogens is 624 g/mol. The number of nitrogens with one attached hydrogen (secondary N) is 1. The minimum atomic E-state index is -4.03. The number of β-amino-alcohol motifs (C(OH)–C–C–N with tert-alkyl or cyclic N) is 1. The molecule has 1 saturated carbocycles. The summed E-state index contributed by atoms with van der Waals surface area (Å²) in [6, 6.07) is 10.9. The van der Waals surface area contributed by atoms with Gasteiger partial charge in [0.25, 0.3) is 11.8 Å². The molecule has 1 saturated heterocycles. The molecule has 0 spiro atoms. The van der Waals surface area contributed by atoms with Gasteiger partial charge in [0.15, 0.2) is 0 Å². The molecular formula is C34H42N4O8S. The van der Waals surface area contributed by atoms with E-state index in [9.17, 15) is 33.3 Å². The zero-order valence-corrected chi connectivity index (χ0v) is 27.7. The number of carbonyl (C=O) groups excluding carboxylic acids is 2. The molecule has 1 aliphatic carbocycles. The van der Waals surface area contributed by atoms with E-state index in [1.54, 1.807) is 19.2 Å². The number of aliphatic hydroxyl groups excluding tert-OH is 3. The van der Waals surface area contributed by atoms with Crippen LogP contribution in [0.1, 0.15) is 59.5 Å². The maximum absolute atomic E-state index is 14.2. The molecule has 252 valence electrons. The van der Waals surface area contributed by atoms with E-state index in [1.165, 1.54) is 19.0 Å². The Morgan fingerprint density at radius 3 is 2.47 bits per heavy atom. The number of likely N-dealkylation sites (tertiary alicyclic amines) is 1. The number of methoxy groups -OCH3 is 1. The minimum Gasteiger partial charge on any atom is -0.497 e. The van der Waals surface area contributed by atoms with E-state index in [0.717, 1.165) is 64.2 Å². The van der Waals surface area contributed by atoms with Crippen molar-refractivity contribution in [2.45, 2.75) is 56.8 Å². The second-order valence-electron chi connectivity index (χ2n) is 13.0. The van der Waals surface area contributed by atoms with E-state index in [1.807, 2.05) is 34.9 Å². The standard InChI is InChI=1S/C34H42N4O8S/c1-36(2)47(44,45)35-33(42)21-9-11-27-28(15-21)38-17-23(34(43)37-16-24(19-39)32(41)29(40)18-37)13-22-14-25(46-3)10-12-26(22)31(38)30(27)20-7-5-4-6-8-20/h9-15,20,24,29,32,39-41H,4-8,16-19H2,1-3H3,(H,35,42)/t24-,29-,32-/m1/s1. The second kappa shape index (κ2) is 13.0. The normalized spacial score (nSPS) is 22.0. The van der Waals surface area contributed by atoms with Crippen LogP contribution in [0.3, 0.4) is 0 Å². The molecule has 2 amide bonds. The quantitative estimate of drug-likeness (QED) is 0.299. The number of hydrogen-bond acceptors (Lipinski definition) is 8. The third-order valence-electron chi connectivity index (χ3n) is 9.79. The van der Waals surface area contributed by atoms with Gasteiger partial charge in [-0.05, 0) is 66.3 Å². The van der Waals surface area contributed by atoms with Crippen LogP contribution in [-0.4, -0.2) is 102 Å². The van der Waals surface area contributed by atoms with Gasteiger partial charge in [-0.25, -0.2) is 4.72 Å². The van der Waals surface area contributed by atoms with Crippen molar-refractivity contribution in [3.63, 3.8) is 0 Å². The molecule has 0 radical (unpaired) electrons. The number of fused-ring (bicyclic) bond motifs is 5. The van der Waals surface area contributed by atoms with Crippen LogP contribution >= 0.6 is 0 Å². The van der Waals surface area contributed by atoms with Crippen molar-refractivity contribution < 1.29 is 38.1 Å². The first-order valence-corrected chi connectivity index (χ1v) is 17.4. The zero-order chi connectivity index (χ0) is 33.6. The average molecular weight is 667 g/mol. The Hall–Kier alpha value is -3.75. The molecule has 2 aromatic carbocycles. The van der Waals surface area contributed by atoms with Gasteiger partial charge in [-0.1, -0.05) is 25.3 Å². The third-order valence-corrected chi connectivity index (χ3v) is 11.2. The van der Waals surface area contributed by atoms with Gasteiger partial charge in [0.2, 0.25) is 0 Å². The summed E-state index contributed by atoms with van der Waals surface area (Å²) >= 11 is 0. The molecule has 3 atom stereocenters. The summed E-state index contributed by atoms with van der Waals surface area (Å²) < 4.78 is 35.6. The minimum absolute atomic E-state index is 0.0765. The molecule has 3 aliphatic rings. The van der Waals surface area contributed by atoms with E-state index in [0.29, 0.717) is 16.8 Å². The lowest BCUT2D eigenvalue weighted by molar-refractivity contribution is -0.139. The first kappa shape index (κ1) is 33.2. The molecule has 47 heavy (non-hydrogen) atoms. The van der Waals surface area contributed by atoms with Gasteiger partial charge in [0.05, 0.1) is 38.2 Å². The van der Waals surface area contributed by atoms with Crippen LogP contribution in [0.2, 0.25) is 0 Å². The Kier molecular flexibility index (Phi) is 9.20. The number of piperidine rings is 1. The van der Waals surface area contributed by atoms with Crippen molar-refractivity contribution >= 4 is 39.0 Å². The van der Waals surface area contributed by atoms with E-state index in [-0.39, 0.29) is 43.6 Å². The van der Waals surface area contributed by atoms with Gasteiger partial charge in [0.1, 0.15) is 5.75 Å². The summed E-state index contributed by atoms with van der Waals surface area (Å²) in [5, 5.41) is 31.7. The SMILES string of the molecule is COc1ccc2c(c1)C=C(C(=O)N1C[C@H](CO)[C@@H](O)[C@H](O)C1)Cn1c-2c(C2CCCCC2)c2ccc(C(=O)NS(=O)(=O)N(C)C)cc21. The topological polar surface area (TPSA) is 162 Å². The highest BCUT2D eigenvalue weighted by Crippen LogP contribution is 2.47. The molecule has 13 heteroatoms. The van der Waals surface area contributed by atoms with Crippen LogP contribution in [0.25, 0.3) is 28.2 Å². The van der Waals surface area contributed by atoms with Crippen molar-refractivity contribution in [2.24, 2.45) is 5.92 Å². The molecule has 3 heterocycles. The Labute approximate surface area is 274 Å². The zero-order valence-electron chi connectivity index (χ0n) is 26.8. The number of rotatable bonds is 7. The number of nitrogens with zero attached hydrogens (tertiary/aromatic N) is 3. The second-order valence-corrected chi connectivity index (χ2v) is 14.9. The summed E-state index contributed by atoms with van der Waals surface area (Å²) in [5.74, 6) is -0.942. The molecule has 3 aromatic rings. The first-order chi connectivity index (χ1) is 22.4. The molecule has 0 bridgehead atoms. The fourth-order valence-electron chi connectivity index (χ4n) is 7.23. The van der Waals surface area contributed by atoms with E-state index < -0.39 is 34.2 Å². The van der Waals surface area contributed by atoms with Crippen molar-refractivity contribution in [3.8, 4) is 17.0 Å². The highest BCUT2D eigenvalue weighted by Gasteiger charge is 2.38. The van der Waals surface area contributed by atoms with Gasteiger partial charge in [-0.3, -0.25) is 9.59 Å². The average Bonchev–Trinajstić information content (AvgIpc) is 3.27. The molecule has 0 unspecified atom stereocenters. The molecule has 1 aromatic heterocycles. The summed E-state index contributed by atoms with van der Waals surface area (Å²) in [7, 11) is 0.227. The first-order valence-electron chi connectivity index (χ1n) is 16.0. The predicted octanol–water partition coefficient (Wildman–Crippen LogP) is 2.47. The molecule has 6 rings (SSSR count). The van der Waals surface area contributed by atoms with Gasteiger partial charge in [-0.2, -0.15) is 12.7 Å². The fourth-order valence-corrected chi connectivity index (χ4v) is 7.76. The van der Waals surface area contributed by atoms with Crippen LogP contribution < -0.4 is 9.46 Å². The summed E-state index contributed by atoms with van der Waals surface area (Å²) in [4.78, 5) is 28.9. The monoisotopic (exact) mass is 666 g/mol. The van der Waals surface area contributed by atoms with Crippen molar-refractivity contribution in [2.75, 3.05) is 40.9 Å². The number of aromatic nitrogens is 1. The number of carbonyl (C=O) groups is 2. The van der Waals surface area contributed by atoms with Gasteiger partial charge < -0.3 is 29.5 Å². The Morgan fingerprint density at radius 2 is 1.79 bits per heavy atom. The smallest absolute Gasteiger partial charge is 0.303 e. The largest absolute Gasteiger partial charge is 0.497 e. The summed E-state index contributed by atoms with van der Waals surface area (Å²) in [6.45, 7) is -0.260. The lowest BCUT2D eigenvalue weighted by atomic mass is 9.81. The molecule has 4 N–H and O–H groups in total. The van der Waals surface area contributed by atoms with Crippen LogP contribution in [0, 0.1) is 5.92 Å². The molecule has 12 nitrogen and oxygen atoms in total. The third kappa shape index (κ3) is 6.18. The number of benzene rings is 2. The van der Waals surface area contributed by atoms with Gasteiger partial charge in [0, 0.05) is 60.7 Å². The van der Waals surface area contributed by atoms with Gasteiger partial charge >= 0.3 is 10.2 Å². The van der Waals surface area contributed by atoms with Crippen molar-refractivity contribution in [3.05, 3.63) is 58.7 Å². The number of hydrogen-bond donors (Lipinski definition) is 4. The Bertz CT molecular complexity index is 1840. The Balaban J connectivity index is 1.54. The van der Waals surface area contributed by atoms with Crippen LogP contribution in [0.15, 0.2) is 42.0 Å². The van der Waals surface area contributed by atoms with E-state index in [2.05, 4.69) is 4.72 Å². The van der Waals surface area contributed by atoms with Crippen LogP contribution in [-0.2, 0) is 21.5 Å². The Morgan fingerprint density at radius 1 is 1.04 bits per heavy atom. The van der Waals surface area contributed by atoms with E-state index >= 15 is 0 Å².